The molecule has 0 bridgehead atoms. The molecule has 37 heteroatoms. The monoisotopic (exact) mass is 1720 g/mol. The van der Waals surface area contributed by atoms with Crippen molar-refractivity contribution in [1.82, 2.24) is 50.4 Å². The van der Waals surface area contributed by atoms with E-state index in [2.05, 4.69) is 156 Å². The second-order valence-corrected chi connectivity index (χ2v) is 33.4. The number of fused-ring (bicyclic) bond motifs is 6. The molecule has 9 rings (SSSR count). The van der Waals surface area contributed by atoms with Gasteiger partial charge in [-0.25, -0.2) is 23.3 Å². The number of ketones is 1. The molecule has 2 aromatic heterocycles. The minimum atomic E-state index is -4.36. The van der Waals surface area contributed by atoms with E-state index in [0.29, 0.717) is 88.7 Å². The van der Waals surface area contributed by atoms with Gasteiger partial charge in [0.25, 0.3) is 16.0 Å². The van der Waals surface area contributed by atoms with Crippen LogP contribution in [0.4, 0.5) is 15.8 Å². The number of unbranched alkanes of at least 4 members (excludes halogenated alkanes) is 3. The predicted octanol–water partition coefficient (Wildman–Crippen LogP) is 9.70. The molecule has 2 aliphatic rings. The molecule has 2 atom stereocenters. The van der Waals surface area contributed by atoms with Gasteiger partial charge >= 0.3 is 21.2 Å². The first kappa shape index (κ1) is 97.1. The van der Waals surface area contributed by atoms with Crippen molar-refractivity contribution in [3.63, 3.8) is 0 Å². The molecule has 0 radical (unpaired) electrons. The SMILES string of the molecule is CCCC(NC(=O)Cn1cc(CCCF)nn1)C(=O)NCCOCCOCCOCCn1cc(CN(C(C(=O)NO)C(C)C)S(=O)(=O)c2ccc(OC)cc2)nn1.CCCCC(=O)CCCCC[N+]1=C(/C=C/C=C/C=C2\N(CC)c3ccc4c(C)cccc4c3C2(C)C)C(C)(C)c2c1ccc1ccc(S(=O)(=O)O)cc21.O=S(=O)=O.O=S(=O)=O. The number of alkyl halides is 1. The molecule has 32 nitrogen and oxygen atoms in total. The van der Waals surface area contributed by atoms with Gasteiger partial charge in [-0.2, -0.15) is 17.3 Å². The van der Waals surface area contributed by atoms with Crippen LogP contribution >= 0.6 is 0 Å². The third kappa shape index (κ3) is 28.0. The highest BCUT2D eigenvalue weighted by Gasteiger charge is 2.46. The Kier molecular flexibility index (Phi) is 38.8. The number of carbonyl (C=O) groups excluding carboxylic acids is 4. The van der Waals surface area contributed by atoms with Crippen LogP contribution in [0.5, 0.6) is 5.75 Å². The summed E-state index contributed by atoms with van der Waals surface area (Å²) in [5.41, 5.74) is 10.3. The summed E-state index contributed by atoms with van der Waals surface area (Å²) < 4.78 is 153. The normalized spacial score (nSPS) is 14.3. The number of carbonyl (C=O) groups is 4. The van der Waals surface area contributed by atoms with Crippen LogP contribution in [-0.4, -0.2) is 205 Å². The highest BCUT2D eigenvalue weighted by molar-refractivity contribution is 7.89. The number of Topliss-reactive ketones (excluding diaryl/α,β-unsaturated/α-hetero) is 1. The zero-order chi connectivity index (χ0) is 86.9. The molecule has 7 aromatic rings. The van der Waals surface area contributed by atoms with Gasteiger partial charge in [0.2, 0.25) is 27.5 Å². The average molecular weight is 1720 g/mol. The highest BCUT2D eigenvalue weighted by Crippen LogP contribution is 2.51. The average Bonchev–Trinajstić information content (AvgIpc) is 1.57. The summed E-state index contributed by atoms with van der Waals surface area (Å²) in [6.45, 7) is 23.8. The van der Waals surface area contributed by atoms with Crippen molar-refractivity contribution >= 4 is 103 Å². The van der Waals surface area contributed by atoms with E-state index in [9.17, 15) is 50.2 Å². The molecule has 3 amide bonds. The number of likely N-dealkylation sites (N-methyl/N-ethyl adjacent to an activating group) is 1. The van der Waals surface area contributed by atoms with Gasteiger partial charge in [-0.15, -0.1) is 35.5 Å². The first-order valence-electron chi connectivity index (χ1n) is 39.0. The number of hydroxylamine groups is 1. The Morgan fingerprint density at radius 2 is 1.33 bits per heavy atom. The Morgan fingerprint density at radius 3 is 1.97 bits per heavy atom. The minimum Gasteiger partial charge on any atom is -0.497 e. The van der Waals surface area contributed by atoms with E-state index in [-0.39, 0.29) is 65.6 Å². The number of rotatable bonds is 43. The van der Waals surface area contributed by atoms with E-state index in [4.69, 9.17) is 44.2 Å². The summed E-state index contributed by atoms with van der Waals surface area (Å²) in [4.78, 5) is 52.4. The first-order valence-corrected chi connectivity index (χ1v) is 43.8. The summed E-state index contributed by atoms with van der Waals surface area (Å²) in [6.07, 6.45) is 21.9. The van der Waals surface area contributed by atoms with E-state index in [1.54, 1.807) is 43.9 Å². The number of aromatic nitrogens is 6. The van der Waals surface area contributed by atoms with Crippen molar-refractivity contribution in [1.29, 1.82) is 0 Å². The lowest BCUT2D eigenvalue weighted by Crippen LogP contribution is -2.51. The molecule has 2 unspecified atom stereocenters. The van der Waals surface area contributed by atoms with Gasteiger partial charge in [0.05, 0.1) is 93.1 Å². The maximum absolute atomic E-state index is 13.7. The van der Waals surface area contributed by atoms with Crippen molar-refractivity contribution in [3.05, 3.63) is 161 Å². The number of hydrogen-bond acceptors (Lipinski definition) is 24. The Labute approximate surface area is 692 Å². The number of nitrogens with zero attached hydrogens (tertiary/aromatic N) is 9. The van der Waals surface area contributed by atoms with E-state index >= 15 is 0 Å². The van der Waals surface area contributed by atoms with Crippen molar-refractivity contribution in [3.8, 4) is 5.75 Å². The van der Waals surface area contributed by atoms with Crippen LogP contribution in [0.15, 0.2) is 143 Å². The van der Waals surface area contributed by atoms with Gasteiger partial charge in [0, 0.05) is 79.3 Å². The first-order chi connectivity index (χ1) is 56.1. The molecule has 0 spiro atoms. The van der Waals surface area contributed by atoms with Crippen molar-refractivity contribution in [2.24, 2.45) is 5.92 Å². The molecule has 644 valence electrons. The quantitative estimate of drug-likeness (QED) is 0.00592. The van der Waals surface area contributed by atoms with E-state index in [0.717, 1.165) is 77.2 Å². The van der Waals surface area contributed by atoms with Crippen LogP contribution in [0.2, 0.25) is 0 Å². The van der Waals surface area contributed by atoms with Gasteiger partial charge < -0.3 is 34.5 Å². The lowest BCUT2D eigenvalue weighted by atomic mass is 9.79. The summed E-state index contributed by atoms with van der Waals surface area (Å²) in [5, 5.41) is 35.2. The van der Waals surface area contributed by atoms with E-state index in [1.807, 2.05) is 13.0 Å². The number of allylic oxidation sites excluding steroid dienone is 6. The van der Waals surface area contributed by atoms with Crippen molar-refractivity contribution in [2.75, 3.05) is 78.0 Å². The van der Waals surface area contributed by atoms with Crippen LogP contribution in [0.3, 0.4) is 0 Å². The fourth-order valence-corrected chi connectivity index (χ4v) is 16.4. The lowest BCUT2D eigenvalue weighted by Gasteiger charge is -2.31. The molecule has 5 N–H and O–H groups in total. The van der Waals surface area contributed by atoms with Gasteiger partial charge in [-0.05, 0) is 159 Å². The third-order valence-corrected chi connectivity index (χ3v) is 22.4. The molecule has 2 aliphatic heterocycles. The number of halogens is 1. The Morgan fingerprint density at radius 1 is 0.695 bits per heavy atom. The van der Waals surface area contributed by atoms with E-state index < -0.39 is 77.4 Å². The molecule has 118 heavy (non-hydrogen) atoms. The molecule has 0 fully saturated rings. The van der Waals surface area contributed by atoms with Crippen LogP contribution in [-0.2, 0) is 112 Å². The predicted molar refractivity (Wildman–Crippen MR) is 441 cm³/mol. The Balaban J connectivity index is 0.000000336. The molecule has 5 aromatic carbocycles. The molecular formula is C81H110FN12O20S4+. The Bertz CT molecular complexity index is 5130. The second kappa shape index (κ2) is 47.2. The number of aryl methyl sites for hydroxylation is 2. The van der Waals surface area contributed by atoms with Crippen LogP contribution in [0.1, 0.15) is 155 Å². The second-order valence-electron chi connectivity index (χ2n) is 29.2. The van der Waals surface area contributed by atoms with Crippen LogP contribution in [0.25, 0.3) is 21.5 Å². The lowest BCUT2D eigenvalue weighted by molar-refractivity contribution is -0.438. The standard InChI is InChI=1S/C46H54N2O4S.C35H55FN10O10S.2O3S/c1-8-10-19-34(49)20-13-12-16-30-48-40-28-25-33-24-26-35(53(50,51)52)31-38(33)44(40)46(6,7)42(48)23-15-11-14-22-41-45(4,5)43-37-21-17-18-32(3)36(37)27-29-39(43)47(41)9-2;1-5-7-31(38-32(47)25-45-22-27(39-43-45)8-6-13-36)34(48)37-14-16-54-18-20-56-21-19-55-17-15-44-23-28(40-42-44)24-46(33(26(2)3)35(49)41-50)57(51,52)30-11-9-29(53-4)10-12-30;2*1-4(2)3/h11,14-15,17-18,21-29,31H,8-10,12-13,16,19-20,30H2,1-7H3;9-12,22-23,26,31,33,50H,5-8,13-21,24-25H2,1-4H3,(H,37,48)(H,38,47)(H,41,49);;/p+1. The van der Waals surface area contributed by atoms with Crippen molar-refractivity contribution in [2.45, 2.75) is 192 Å². The van der Waals surface area contributed by atoms with Gasteiger partial charge in [0.15, 0.2) is 5.71 Å². The number of amides is 3. The largest absolute Gasteiger partial charge is 0.497 e. The summed E-state index contributed by atoms with van der Waals surface area (Å²) in [7, 11) is -13.4. The van der Waals surface area contributed by atoms with Gasteiger partial charge in [-0.1, -0.05) is 113 Å². The van der Waals surface area contributed by atoms with E-state index in [1.165, 1.54) is 80.1 Å². The number of benzene rings is 5. The van der Waals surface area contributed by atoms with Gasteiger partial charge in [-0.3, -0.25) is 33.3 Å². The Hall–Kier alpha value is -9.70. The number of methoxy groups -OCH3 is 1. The maximum Gasteiger partial charge on any atom is 0.425 e. The van der Waals surface area contributed by atoms with Gasteiger partial charge in [0.1, 0.15) is 36.7 Å². The molecular weight excluding hydrogens is 1610 g/mol. The fraction of sp³-hybridized carbons (Fsp3) is 0.494. The fourth-order valence-electron chi connectivity index (χ4n) is 14.2. The zero-order valence-electron chi connectivity index (χ0n) is 68.6. The molecule has 0 saturated carbocycles. The number of ether oxygens (including phenoxy) is 4. The maximum atomic E-state index is 13.7. The highest BCUT2D eigenvalue weighted by atomic mass is 32.2. The molecule has 0 saturated heterocycles. The smallest absolute Gasteiger partial charge is 0.425 e. The topological polar surface area (TPSA) is 423 Å². The zero-order valence-corrected chi connectivity index (χ0v) is 71.9. The molecule has 0 aliphatic carbocycles. The minimum absolute atomic E-state index is 0.0669. The number of sulfonamides is 1. The third-order valence-electron chi connectivity index (χ3n) is 19.7. The van der Waals surface area contributed by atoms with Crippen LogP contribution < -0.4 is 25.8 Å². The number of anilines is 1. The molecule has 4 heterocycles. The number of hydrogen-bond donors (Lipinski definition) is 5. The summed E-state index contributed by atoms with van der Waals surface area (Å²) in [6, 6.07) is 23.9. The summed E-state index contributed by atoms with van der Waals surface area (Å²) in [5.74, 6) is -1.28. The van der Waals surface area contributed by atoms with Crippen molar-refractivity contribution < 1.29 is 98.9 Å². The van der Waals surface area contributed by atoms with Crippen LogP contribution in [0, 0.1) is 12.8 Å². The number of nitrogens with one attached hydrogen (secondary N) is 3. The summed E-state index contributed by atoms with van der Waals surface area (Å²) >= 11 is 0.